The number of hydrogen-bond donors (Lipinski definition) is 0. The molecule has 0 unspecified atom stereocenters. The zero-order valence-electron chi connectivity index (χ0n) is 9.11. The van der Waals surface area contributed by atoms with E-state index in [1.807, 2.05) is 6.92 Å². The molecule has 0 bridgehead atoms. The van der Waals surface area contributed by atoms with Crippen molar-refractivity contribution in [2.75, 3.05) is 6.61 Å². The first-order valence-corrected chi connectivity index (χ1v) is 4.84. The molecule has 0 radical (unpaired) electrons. The summed E-state index contributed by atoms with van der Waals surface area (Å²) in [7, 11) is 1.71. The van der Waals surface area contributed by atoms with Crippen LogP contribution in [0.1, 0.15) is 29.9 Å². The summed E-state index contributed by atoms with van der Waals surface area (Å²) in [6, 6.07) is 0. The van der Waals surface area contributed by atoms with Gasteiger partial charge in [-0.05, 0) is 13.3 Å². The number of carbonyl (C=O) groups excluding carboxylic acids is 2. The quantitative estimate of drug-likeness (QED) is 0.417. The average Bonchev–Trinajstić information content (AvgIpc) is 2.58. The van der Waals surface area contributed by atoms with Crippen LogP contribution in [-0.2, 0) is 23.0 Å². The lowest BCUT2D eigenvalue weighted by molar-refractivity contribution is -0.137. The van der Waals surface area contributed by atoms with Crippen molar-refractivity contribution >= 4 is 11.8 Å². The third-order valence-corrected chi connectivity index (χ3v) is 1.95. The van der Waals surface area contributed by atoms with Gasteiger partial charge in [0.2, 0.25) is 0 Å². The lowest BCUT2D eigenvalue weighted by Gasteiger charge is -1.99. The van der Waals surface area contributed by atoms with Crippen LogP contribution in [0, 0.1) is 0 Å². The molecule has 0 saturated carbocycles. The summed E-state index contributed by atoms with van der Waals surface area (Å²) in [5.41, 5.74) is 0.953. The molecule has 1 heterocycles. The Hall–Kier alpha value is -1.65. The van der Waals surface area contributed by atoms with E-state index in [0.29, 0.717) is 17.7 Å². The van der Waals surface area contributed by atoms with Crippen molar-refractivity contribution in [3.05, 3.63) is 17.5 Å². The van der Waals surface area contributed by atoms with Gasteiger partial charge in [0, 0.05) is 13.2 Å². The molecule has 0 amide bonds. The highest BCUT2D eigenvalue weighted by molar-refractivity contribution is 6.40. The normalized spacial score (nSPS) is 10.1. The Morgan fingerprint density at radius 2 is 2.13 bits per heavy atom. The highest BCUT2D eigenvalue weighted by Gasteiger charge is 2.22. The number of rotatable bonds is 4. The van der Waals surface area contributed by atoms with Crippen molar-refractivity contribution in [2.45, 2.75) is 20.3 Å². The molecular weight excluding hydrogens is 196 g/mol. The predicted molar refractivity (Wildman–Crippen MR) is 53.5 cm³/mol. The Kier molecular flexibility index (Phi) is 3.60. The second-order valence-corrected chi connectivity index (χ2v) is 3.07. The first-order chi connectivity index (χ1) is 7.10. The molecule has 5 heteroatoms. The SMILES string of the molecule is CCOC(=O)C(=O)c1cn(C)nc1CC. The summed E-state index contributed by atoms with van der Waals surface area (Å²) >= 11 is 0. The molecule has 1 aromatic rings. The van der Waals surface area contributed by atoms with Crippen molar-refractivity contribution in [3.63, 3.8) is 0 Å². The molecule has 82 valence electrons. The smallest absolute Gasteiger partial charge is 0.379 e. The third kappa shape index (κ3) is 2.43. The molecule has 5 nitrogen and oxygen atoms in total. The molecule has 0 N–H and O–H groups in total. The van der Waals surface area contributed by atoms with Crippen LogP contribution in [0.3, 0.4) is 0 Å². The molecule has 0 atom stereocenters. The van der Waals surface area contributed by atoms with Gasteiger partial charge in [-0.25, -0.2) is 4.79 Å². The van der Waals surface area contributed by atoms with Crippen LogP contribution in [0.2, 0.25) is 0 Å². The number of Topliss-reactive ketones (excluding diaryl/α,β-unsaturated/α-hetero) is 1. The fourth-order valence-electron chi connectivity index (χ4n) is 1.29. The molecule has 0 aliphatic rings. The second-order valence-electron chi connectivity index (χ2n) is 3.07. The van der Waals surface area contributed by atoms with E-state index in [4.69, 9.17) is 0 Å². The Morgan fingerprint density at radius 3 is 2.67 bits per heavy atom. The number of nitrogens with zero attached hydrogens (tertiary/aromatic N) is 2. The van der Waals surface area contributed by atoms with Gasteiger partial charge in [-0.15, -0.1) is 0 Å². The predicted octanol–water partition coefficient (Wildman–Crippen LogP) is 0.728. The number of esters is 1. The van der Waals surface area contributed by atoms with E-state index in [2.05, 4.69) is 9.84 Å². The number of aryl methyl sites for hydroxylation is 2. The van der Waals surface area contributed by atoms with E-state index in [1.165, 1.54) is 10.9 Å². The fraction of sp³-hybridized carbons (Fsp3) is 0.500. The molecule has 0 saturated heterocycles. The van der Waals surface area contributed by atoms with Crippen LogP contribution in [0.4, 0.5) is 0 Å². The number of hydrogen-bond acceptors (Lipinski definition) is 4. The monoisotopic (exact) mass is 210 g/mol. The number of ether oxygens (including phenoxy) is 1. The number of carbonyl (C=O) groups is 2. The third-order valence-electron chi connectivity index (χ3n) is 1.95. The number of ketones is 1. The molecule has 15 heavy (non-hydrogen) atoms. The van der Waals surface area contributed by atoms with Crippen LogP contribution in [0.25, 0.3) is 0 Å². The Bertz CT molecular complexity index is 382. The molecular formula is C10H14N2O3. The van der Waals surface area contributed by atoms with Crippen LogP contribution in [0.5, 0.6) is 0 Å². The molecule has 0 aliphatic heterocycles. The van der Waals surface area contributed by atoms with Gasteiger partial charge in [-0.2, -0.15) is 5.10 Å². The Morgan fingerprint density at radius 1 is 1.47 bits per heavy atom. The highest BCUT2D eigenvalue weighted by Crippen LogP contribution is 2.08. The lowest BCUT2D eigenvalue weighted by atomic mass is 10.1. The van der Waals surface area contributed by atoms with Gasteiger partial charge >= 0.3 is 5.97 Å². The van der Waals surface area contributed by atoms with Gasteiger partial charge in [0.15, 0.2) is 0 Å². The van der Waals surface area contributed by atoms with E-state index in [9.17, 15) is 9.59 Å². The van der Waals surface area contributed by atoms with Crippen molar-refractivity contribution in [3.8, 4) is 0 Å². The Balaban J connectivity index is 2.94. The van der Waals surface area contributed by atoms with Crippen LogP contribution in [0.15, 0.2) is 6.20 Å². The lowest BCUT2D eigenvalue weighted by Crippen LogP contribution is -2.18. The van der Waals surface area contributed by atoms with Crippen LogP contribution < -0.4 is 0 Å². The van der Waals surface area contributed by atoms with Crippen molar-refractivity contribution in [1.82, 2.24) is 9.78 Å². The van der Waals surface area contributed by atoms with Gasteiger partial charge in [0.25, 0.3) is 5.78 Å². The summed E-state index contributed by atoms with van der Waals surface area (Å²) in [5, 5.41) is 4.08. The van der Waals surface area contributed by atoms with E-state index in [1.54, 1.807) is 14.0 Å². The van der Waals surface area contributed by atoms with E-state index < -0.39 is 11.8 Å². The topological polar surface area (TPSA) is 61.2 Å². The minimum absolute atomic E-state index is 0.201. The first-order valence-electron chi connectivity index (χ1n) is 4.84. The maximum Gasteiger partial charge on any atom is 0.379 e. The average molecular weight is 210 g/mol. The zero-order valence-corrected chi connectivity index (χ0v) is 9.11. The Labute approximate surface area is 88.0 Å². The largest absolute Gasteiger partial charge is 0.460 e. The molecule has 1 aromatic heterocycles. The van der Waals surface area contributed by atoms with Crippen LogP contribution >= 0.6 is 0 Å². The zero-order chi connectivity index (χ0) is 11.4. The fourth-order valence-corrected chi connectivity index (χ4v) is 1.29. The molecule has 0 aromatic carbocycles. The van der Waals surface area contributed by atoms with Gasteiger partial charge < -0.3 is 4.74 Å². The standard InChI is InChI=1S/C10H14N2O3/c1-4-8-7(6-12(3)11-8)9(13)10(14)15-5-2/h6H,4-5H2,1-3H3. The molecule has 0 aliphatic carbocycles. The van der Waals surface area contributed by atoms with Gasteiger partial charge in [0.1, 0.15) is 0 Å². The van der Waals surface area contributed by atoms with Gasteiger partial charge in [-0.3, -0.25) is 9.48 Å². The second kappa shape index (κ2) is 4.72. The van der Waals surface area contributed by atoms with Crippen molar-refractivity contribution < 1.29 is 14.3 Å². The van der Waals surface area contributed by atoms with Crippen LogP contribution in [-0.4, -0.2) is 28.1 Å². The van der Waals surface area contributed by atoms with Crippen molar-refractivity contribution in [1.29, 1.82) is 0 Å². The molecule has 1 rings (SSSR count). The number of aromatic nitrogens is 2. The minimum Gasteiger partial charge on any atom is -0.460 e. The van der Waals surface area contributed by atoms with Gasteiger partial charge in [0.05, 0.1) is 17.9 Å². The van der Waals surface area contributed by atoms with Crippen molar-refractivity contribution in [2.24, 2.45) is 7.05 Å². The minimum atomic E-state index is -0.819. The summed E-state index contributed by atoms with van der Waals surface area (Å²) in [6.07, 6.45) is 2.15. The molecule has 0 fully saturated rings. The summed E-state index contributed by atoms with van der Waals surface area (Å²) in [4.78, 5) is 22.8. The summed E-state index contributed by atoms with van der Waals surface area (Å²) in [6.45, 7) is 3.74. The highest BCUT2D eigenvalue weighted by atomic mass is 16.5. The van der Waals surface area contributed by atoms with Gasteiger partial charge in [-0.1, -0.05) is 6.92 Å². The summed E-state index contributed by atoms with van der Waals surface area (Å²) < 4.78 is 6.16. The maximum atomic E-state index is 11.6. The molecule has 0 spiro atoms. The maximum absolute atomic E-state index is 11.6. The summed E-state index contributed by atoms with van der Waals surface area (Å²) in [5.74, 6) is -1.44. The first kappa shape index (κ1) is 11.4. The van der Waals surface area contributed by atoms with E-state index >= 15 is 0 Å². The van der Waals surface area contributed by atoms with E-state index in [-0.39, 0.29) is 6.61 Å². The van der Waals surface area contributed by atoms with E-state index in [0.717, 1.165) is 0 Å².